The van der Waals surface area contributed by atoms with Crippen molar-refractivity contribution >= 4 is 5.69 Å². The maximum Gasteiger partial charge on any atom is 0.416 e. The number of aromatic nitrogens is 1. The van der Waals surface area contributed by atoms with Crippen LogP contribution in [0.15, 0.2) is 18.3 Å². The first-order chi connectivity index (χ1) is 7.43. The molecule has 0 bridgehead atoms. The number of aliphatic hydroxyl groups is 1. The molecule has 1 aromatic rings. The Morgan fingerprint density at radius 2 is 2.19 bits per heavy atom. The molecule has 1 heterocycles. The van der Waals surface area contributed by atoms with Crippen molar-refractivity contribution in [3.8, 4) is 6.07 Å². The summed E-state index contributed by atoms with van der Waals surface area (Å²) in [5.41, 5.74) is 0.476. The first-order valence-electron chi connectivity index (χ1n) is 4.28. The predicted molar refractivity (Wildman–Crippen MR) is 49.5 cm³/mol. The summed E-state index contributed by atoms with van der Waals surface area (Å²) in [6.07, 6.45) is -5.85. The van der Waals surface area contributed by atoms with E-state index in [0.717, 1.165) is 0 Å². The van der Waals surface area contributed by atoms with Crippen LogP contribution in [0.1, 0.15) is 5.69 Å². The Labute approximate surface area is 89.3 Å². The lowest BCUT2D eigenvalue weighted by atomic mass is 10.3. The molecule has 1 aromatic heterocycles. The Morgan fingerprint density at radius 3 is 2.62 bits per heavy atom. The van der Waals surface area contributed by atoms with Crippen molar-refractivity contribution in [3.05, 3.63) is 24.0 Å². The number of rotatable bonds is 3. The minimum atomic E-state index is -4.65. The van der Waals surface area contributed by atoms with Gasteiger partial charge in [-0.05, 0) is 12.1 Å². The minimum absolute atomic E-state index is 0.168. The topological polar surface area (TPSA) is 68.9 Å². The molecule has 0 spiro atoms. The quantitative estimate of drug-likeness (QED) is 0.822. The van der Waals surface area contributed by atoms with Crippen LogP contribution >= 0.6 is 0 Å². The number of hydrogen-bond donors (Lipinski definition) is 2. The number of halogens is 3. The smallest absolute Gasteiger partial charge is 0.382 e. The van der Waals surface area contributed by atoms with Crippen molar-refractivity contribution in [3.63, 3.8) is 0 Å². The third kappa shape index (κ3) is 3.40. The van der Waals surface area contributed by atoms with E-state index in [9.17, 15) is 13.2 Å². The van der Waals surface area contributed by atoms with Crippen LogP contribution in [-0.4, -0.2) is 28.9 Å². The van der Waals surface area contributed by atoms with Crippen LogP contribution < -0.4 is 5.32 Å². The van der Waals surface area contributed by atoms with Gasteiger partial charge < -0.3 is 10.4 Å². The van der Waals surface area contributed by atoms with Gasteiger partial charge in [-0.25, -0.2) is 4.98 Å². The number of pyridine rings is 1. The second kappa shape index (κ2) is 4.81. The Hall–Kier alpha value is -1.81. The molecule has 2 N–H and O–H groups in total. The molecule has 0 aliphatic carbocycles. The summed E-state index contributed by atoms with van der Waals surface area (Å²) in [6.45, 7) is -0.656. The first-order valence-corrected chi connectivity index (χ1v) is 4.28. The Bertz CT molecular complexity index is 382. The van der Waals surface area contributed by atoms with E-state index in [1.165, 1.54) is 18.3 Å². The van der Waals surface area contributed by atoms with Crippen LogP contribution in [0.3, 0.4) is 0 Å². The molecule has 16 heavy (non-hydrogen) atoms. The fourth-order valence-electron chi connectivity index (χ4n) is 0.895. The third-order valence-electron chi connectivity index (χ3n) is 1.76. The van der Waals surface area contributed by atoms with Gasteiger partial charge >= 0.3 is 6.18 Å². The molecule has 86 valence electrons. The van der Waals surface area contributed by atoms with E-state index in [1.807, 2.05) is 0 Å². The van der Waals surface area contributed by atoms with Gasteiger partial charge in [0.25, 0.3) is 0 Å². The van der Waals surface area contributed by atoms with Gasteiger partial charge in [0, 0.05) is 6.54 Å². The van der Waals surface area contributed by atoms with Gasteiger partial charge in [-0.1, -0.05) is 0 Å². The van der Waals surface area contributed by atoms with Crippen LogP contribution in [-0.2, 0) is 0 Å². The van der Waals surface area contributed by atoms with Crippen molar-refractivity contribution in [2.75, 3.05) is 11.9 Å². The van der Waals surface area contributed by atoms with Crippen LogP contribution in [0.4, 0.5) is 18.9 Å². The van der Waals surface area contributed by atoms with Gasteiger partial charge in [0.05, 0.1) is 11.9 Å². The van der Waals surface area contributed by atoms with Crippen LogP contribution in [0.5, 0.6) is 0 Å². The van der Waals surface area contributed by atoms with Gasteiger partial charge in [0.15, 0.2) is 6.10 Å². The summed E-state index contributed by atoms with van der Waals surface area (Å²) in [7, 11) is 0. The SMILES string of the molecule is N#Cc1ccc(NCC(O)C(F)(F)F)cn1. The molecule has 0 radical (unpaired) electrons. The highest BCUT2D eigenvalue weighted by Gasteiger charge is 2.37. The highest BCUT2D eigenvalue weighted by Crippen LogP contribution is 2.20. The van der Waals surface area contributed by atoms with E-state index in [1.54, 1.807) is 6.07 Å². The average Bonchev–Trinajstić information content (AvgIpc) is 2.25. The van der Waals surface area contributed by atoms with Crippen LogP contribution in [0.2, 0.25) is 0 Å². The summed E-state index contributed by atoms with van der Waals surface area (Å²) in [5.74, 6) is 0. The maximum absolute atomic E-state index is 11.9. The number of nitrogens with one attached hydrogen (secondary N) is 1. The fourth-order valence-corrected chi connectivity index (χ4v) is 0.895. The third-order valence-corrected chi connectivity index (χ3v) is 1.76. The normalized spacial score (nSPS) is 12.9. The molecule has 0 aromatic carbocycles. The van der Waals surface area contributed by atoms with Gasteiger partial charge in [0.1, 0.15) is 11.8 Å². The molecule has 1 rings (SSSR count). The van der Waals surface area contributed by atoms with E-state index < -0.39 is 18.8 Å². The first kappa shape index (κ1) is 12.3. The summed E-state index contributed by atoms with van der Waals surface area (Å²) in [4.78, 5) is 3.65. The zero-order valence-electron chi connectivity index (χ0n) is 7.99. The number of nitriles is 1. The summed E-state index contributed by atoms with van der Waals surface area (Å²) in [5, 5.41) is 19.5. The lowest BCUT2D eigenvalue weighted by molar-refractivity contribution is -0.198. The van der Waals surface area contributed by atoms with Crippen molar-refractivity contribution < 1.29 is 18.3 Å². The van der Waals surface area contributed by atoms with Crippen LogP contribution in [0, 0.1) is 11.3 Å². The number of nitrogens with zero attached hydrogens (tertiary/aromatic N) is 2. The average molecular weight is 231 g/mol. The van der Waals surface area contributed by atoms with Gasteiger partial charge in [0.2, 0.25) is 0 Å². The van der Waals surface area contributed by atoms with Gasteiger partial charge in [-0.2, -0.15) is 18.4 Å². The molecule has 0 aliphatic rings. The van der Waals surface area contributed by atoms with Crippen molar-refractivity contribution in [2.24, 2.45) is 0 Å². The van der Waals surface area contributed by atoms with Crippen molar-refractivity contribution in [2.45, 2.75) is 12.3 Å². The van der Waals surface area contributed by atoms with Gasteiger partial charge in [-0.15, -0.1) is 0 Å². The van der Waals surface area contributed by atoms with E-state index in [2.05, 4.69) is 10.3 Å². The second-order valence-corrected chi connectivity index (χ2v) is 2.98. The Kier molecular flexibility index (Phi) is 3.68. The highest BCUT2D eigenvalue weighted by atomic mass is 19.4. The molecule has 1 unspecified atom stereocenters. The van der Waals surface area contributed by atoms with E-state index in [-0.39, 0.29) is 5.69 Å². The molecule has 7 heteroatoms. The fraction of sp³-hybridized carbons (Fsp3) is 0.333. The summed E-state index contributed by atoms with van der Waals surface area (Å²) >= 11 is 0. The molecular weight excluding hydrogens is 223 g/mol. The summed E-state index contributed by atoms with van der Waals surface area (Å²) < 4.78 is 35.8. The highest BCUT2D eigenvalue weighted by molar-refractivity contribution is 5.42. The van der Waals surface area contributed by atoms with Gasteiger partial charge in [-0.3, -0.25) is 0 Å². The molecule has 0 amide bonds. The van der Waals surface area contributed by atoms with E-state index >= 15 is 0 Å². The standard InChI is InChI=1S/C9H8F3N3O/c10-9(11,12)8(16)5-15-7-2-1-6(3-13)14-4-7/h1-2,4,8,15-16H,5H2. The zero-order valence-corrected chi connectivity index (χ0v) is 7.99. The molecule has 0 saturated carbocycles. The number of alkyl halides is 3. The molecule has 4 nitrogen and oxygen atoms in total. The molecule has 0 aliphatic heterocycles. The number of aliphatic hydroxyl groups excluding tert-OH is 1. The maximum atomic E-state index is 11.9. The lowest BCUT2D eigenvalue weighted by Gasteiger charge is -2.15. The van der Waals surface area contributed by atoms with E-state index in [4.69, 9.17) is 10.4 Å². The predicted octanol–water partition coefficient (Wildman–Crippen LogP) is 1.29. The minimum Gasteiger partial charge on any atom is -0.382 e. The van der Waals surface area contributed by atoms with E-state index in [0.29, 0.717) is 5.69 Å². The number of hydrogen-bond acceptors (Lipinski definition) is 4. The zero-order chi connectivity index (χ0) is 12.2. The number of anilines is 1. The molecule has 1 atom stereocenters. The molecule has 0 saturated heterocycles. The van der Waals surface area contributed by atoms with Crippen LogP contribution in [0.25, 0.3) is 0 Å². The Morgan fingerprint density at radius 1 is 1.50 bits per heavy atom. The van der Waals surface area contributed by atoms with Crippen molar-refractivity contribution in [1.82, 2.24) is 4.98 Å². The molecular formula is C9H8F3N3O. The second-order valence-electron chi connectivity index (χ2n) is 2.98. The Balaban J connectivity index is 2.53. The summed E-state index contributed by atoms with van der Waals surface area (Å²) in [6, 6.07) is 4.55. The molecule has 0 fully saturated rings. The van der Waals surface area contributed by atoms with Crippen molar-refractivity contribution in [1.29, 1.82) is 5.26 Å². The monoisotopic (exact) mass is 231 g/mol. The largest absolute Gasteiger partial charge is 0.416 e. The lowest BCUT2D eigenvalue weighted by Crippen LogP contribution is -2.35.